The highest BCUT2D eigenvalue weighted by atomic mass is 32.1. The molecule has 23 heavy (non-hydrogen) atoms. The van der Waals surface area contributed by atoms with Gasteiger partial charge in [-0.1, -0.05) is 42.5 Å². The van der Waals surface area contributed by atoms with Crippen LogP contribution in [0.25, 0.3) is 11.1 Å². The molecule has 0 aliphatic rings. The van der Waals surface area contributed by atoms with Gasteiger partial charge in [0.15, 0.2) is 11.6 Å². The largest absolute Gasteiger partial charge is 0.294 e. The SMILES string of the molecule is O=C(CC(=O)c1cc(-c2ccc(F)cc2)cs1)c1ccccc1. The van der Waals surface area contributed by atoms with Gasteiger partial charge in [0.25, 0.3) is 0 Å². The monoisotopic (exact) mass is 324 g/mol. The Labute approximate surface area is 137 Å². The number of carbonyl (C=O) groups is 2. The zero-order valence-corrected chi connectivity index (χ0v) is 13.0. The van der Waals surface area contributed by atoms with E-state index < -0.39 is 0 Å². The van der Waals surface area contributed by atoms with Crippen LogP contribution in [0.5, 0.6) is 0 Å². The van der Waals surface area contributed by atoms with Crippen LogP contribution < -0.4 is 0 Å². The molecule has 0 amide bonds. The Morgan fingerprint density at radius 3 is 2.26 bits per heavy atom. The molecule has 0 unspecified atom stereocenters. The second kappa shape index (κ2) is 6.67. The second-order valence-electron chi connectivity index (χ2n) is 5.10. The lowest BCUT2D eigenvalue weighted by Gasteiger charge is -1.99. The van der Waals surface area contributed by atoms with Crippen LogP contribution in [0.15, 0.2) is 66.0 Å². The number of Topliss-reactive ketones (excluding diaryl/α,β-unsaturated/α-hetero) is 2. The van der Waals surface area contributed by atoms with Gasteiger partial charge in [0.1, 0.15) is 5.82 Å². The lowest BCUT2D eigenvalue weighted by atomic mass is 10.0. The van der Waals surface area contributed by atoms with Gasteiger partial charge in [-0.25, -0.2) is 4.39 Å². The van der Waals surface area contributed by atoms with Crippen LogP contribution in [-0.4, -0.2) is 11.6 Å². The lowest BCUT2D eigenvalue weighted by molar-refractivity contribution is 0.0896. The van der Waals surface area contributed by atoms with Crippen LogP contribution in [-0.2, 0) is 0 Å². The van der Waals surface area contributed by atoms with Crippen molar-refractivity contribution >= 4 is 22.9 Å². The summed E-state index contributed by atoms with van der Waals surface area (Å²) in [6.45, 7) is 0. The van der Waals surface area contributed by atoms with Crippen molar-refractivity contribution in [2.75, 3.05) is 0 Å². The predicted octanol–water partition coefficient (Wildman–Crippen LogP) is 5.01. The molecule has 0 saturated heterocycles. The number of hydrogen-bond acceptors (Lipinski definition) is 3. The molecule has 2 nitrogen and oxygen atoms in total. The van der Waals surface area contributed by atoms with Crippen LogP contribution in [0.4, 0.5) is 4.39 Å². The van der Waals surface area contributed by atoms with Gasteiger partial charge in [-0.3, -0.25) is 9.59 Å². The quantitative estimate of drug-likeness (QED) is 0.488. The Bertz CT molecular complexity index is 835. The average Bonchev–Trinajstić information content (AvgIpc) is 3.06. The first-order chi connectivity index (χ1) is 11.1. The van der Waals surface area contributed by atoms with E-state index in [0.29, 0.717) is 10.4 Å². The molecule has 0 radical (unpaired) electrons. The Balaban J connectivity index is 1.74. The summed E-state index contributed by atoms with van der Waals surface area (Å²) < 4.78 is 13.0. The van der Waals surface area contributed by atoms with E-state index in [4.69, 9.17) is 0 Å². The van der Waals surface area contributed by atoms with Crippen molar-refractivity contribution < 1.29 is 14.0 Å². The highest BCUT2D eigenvalue weighted by molar-refractivity contribution is 7.12. The van der Waals surface area contributed by atoms with Crippen LogP contribution in [0.1, 0.15) is 26.5 Å². The van der Waals surface area contributed by atoms with Crippen molar-refractivity contribution in [2.45, 2.75) is 6.42 Å². The maximum absolute atomic E-state index is 13.0. The number of hydrogen-bond donors (Lipinski definition) is 0. The summed E-state index contributed by atoms with van der Waals surface area (Å²) >= 11 is 1.30. The zero-order chi connectivity index (χ0) is 16.2. The minimum atomic E-state index is -0.297. The molecule has 0 spiro atoms. The van der Waals surface area contributed by atoms with E-state index in [1.807, 2.05) is 11.4 Å². The number of rotatable bonds is 5. The fourth-order valence-electron chi connectivity index (χ4n) is 2.24. The van der Waals surface area contributed by atoms with Gasteiger partial charge < -0.3 is 0 Å². The number of thiophene rings is 1. The minimum absolute atomic E-state index is 0.145. The molecular weight excluding hydrogens is 311 g/mol. The van der Waals surface area contributed by atoms with E-state index in [1.165, 1.54) is 23.5 Å². The molecule has 0 aliphatic heterocycles. The van der Waals surface area contributed by atoms with Gasteiger partial charge in [0.05, 0.1) is 11.3 Å². The molecule has 3 aromatic rings. The third-order valence-electron chi connectivity index (χ3n) is 3.47. The van der Waals surface area contributed by atoms with Crippen molar-refractivity contribution in [1.82, 2.24) is 0 Å². The molecule has 0 fully saturated rings. The first kappa shape index (κ1) is 15.3. The highest BCUT2D eigenvalue weighted by Gasteiger charge is 2.15. The third-order valence-corrected chi connectivity index (χ3v) is 4.44. The molecule has 0 saturated carbocycles. The molecule has 0 bridgehead atoms. The number of halogens is 1. The minimum Gasteiger partial charge on any atom is -0.294 e. The van der Waals surface area contributed by atoms with Gasteiger partial charge in [-0.2, -0.15) is 0 Å². The van der Waals surface area contributed by atoms with Crippen LogP contribution in [0, 0.1) is 5.82 Å². The Morgan fingerprint density at radius 1 is 0.870 bits per heavy atom. The van der Waals surface area contributed by atoms with Gasteiger partial charge in [-0.15, -0.1) is 11.3 Å². The summed E-state index contributed by atoms with van der Waals surface area (Å²) in [5.74, 6) is -0.682. The maximum atomic E-state index is 13.0. The summed E-state index contributed by atoms with van der Waals surface area (Å²) in [6.07, 6.45) is -0.145. The number of carbonyl (C=O) groups excluding carboxylic acids is 2. The van der Waals surface area contributed by atoms with Crippen molar-refractivity contribution in [2.24, 2.45) is 0 Å². The first-order valence-corrected chi connectivity index (χ1v) is 7.97. The molecule has 1 heterocycles. The molecule has 1 aromatic heterocycles. The first-order valence-electron chi connectivity index (χ1n) is 7.09. The topological polar surface area (TPSA) is 34.1 Å². The molecule has 114 valence electrons. The van der Waals surface area contributed by atoms with Crippen LogP contribution in [0.2, 0.25) is 0 Å². The van der Waals surface area contributed by atoms with Crippen molar-refractivity contribution in [1.29, 1.82) is 0 Å². The van der Waals surface area contributed by atoms with E-state index >= 15 is 0 Å². The van der Waals surface area contributed by atoms with E-state index in [2.05, 4.69) is 0 Å². The molecule has 0 atom stereocenters. The van der Waals surface area contributed by atoms with Crippen LogP contribution >= 0.6 is 11.3 Å². The van der Waals surface area contributed by atoms with E-state index in [9.17, 15) is 14.0 Å². The molecule has 0 N–H and O–H groups in total. The molecule has 2 aromatic carbocycles. The summed E-state index contributed by atoms with van der Waals surface area (Å²) in [5.41, 5.74) is 2.23. The van der Waals surface area contributed by atoms with Crippen molar-refractivity contribution in [3.05, 3.63) is 82.3 Å². The maximum Gasteiger partial charge on any atom is 0.180 e. The smallest absolute Gasteiger partial charge is 0.180 e. The number of benzene rings is 2. The fourth-order valence-corrected chi connectivity index (χ4v) is 3.09. The molecule has 3 rings (SSSR count). The Morgan fingerprint density at radius 2 is 1.57 bits per heavy atom. The third kappa shape index (κ3) is 3.60. The molecule has 4 heteroatoms. The highest BCUT2D eigenvalue weighted by Crippen LogP contribution is 2.27. The second-order valence-corrected chi connectivity index (χ2v) is 6.01. The van der Waals surface area contributed by atoms with Gasteiger partial charge in [-0.05, 0) is 34.7 Å². The normalized spacial score (nSPS) is 10.5. The summed E-state index contributed by atoms with van der Waals surface area (Å²) in [4.78, 5) is 24.9. The van der Waals surface area contributed by atoms with Crippen molar-refractivity contribution in [3.8, 4) is 11.1 Å². The summed E-state index contributed by atoms with van der Waals surface area (Å²) in [6, 6.07) is 16.6. The lowest BCUT2D eigenvalue weighted by Crippen LogP contribution is -2.07. The number of ketones is 2. The fraction of sp³-hybridized carbons (Fsp3) is 0.0526. The van der Waals surface area contributed by atoms with Crippen LogP contribution in [0.3, 0.4) is 0 Å². The Kier molecular flexibility index (Phi) is 4.44. The predicted molar refractivity (Wildman–Crippen MR) is 89.4 cm³/mol. The van der Waals surface area contributed by atoms with Crippen molar-refractivity contribution in [3.63, 3.8) is 0 Å². The van der Waals surface area contributed by atoms with E-state index in [1.54, 1.807) is 42.5 Å². The standard InChI is InChI=1S/C19H13FO2S/c20-16-8-6-13(7-9-16)15-10-19(23-12-15)18(22)11-17(21)14-4-2-1-3-5-14/h1-10,12H,11H2. The molecular formula is C19H13FO2S. The average molecular weight is 324 g/mol. The van der Waals surface area contributed by atoms with Gasteiger partial charge >= 0.3 is 0 Å². The van der Waals surface area contributed by atoms with Gasteiger partial charge in [0, 0.05) is 5.56 Å². The van der Waals surface area contributed by atoms with Gasteiger partial charge in [0.2, 0.25) is 0 Å². The van der Waals surface area contributed by atoms with E-state index in [0.717, 1.165) is 11.1 Å². The zero-order valence-electron chi connectivity index (χ0n) is 12.2. The summed E-state index contributed by atoms with van der Waals surface area (Å²) in [5, 5.41) is 1.84. The van der Waals surface area contributed by atoms with E-state index in [-0.39, 0.29) is 23.8 Å². The molecule has 0 aliphatic carbocycles. The summed E-state index contributed by atoms with van der Waals surface area (Å²) in [7, 11) is 0. The Hall–Kier alpha value is -2.59.